The van der Waals surface area contributed by atoms with Gasteiger partial charge in [0.2, 0.25) is 0 Å². The smallest absolute Gasteiger partial charge is 0.191 e. The standard InChI is InChI=1S/C26H38N4O2/c1-20-17-23(14-16-30(20)19-22-9-6-5-7-10-22)29-26(27-2)28-15-8-11-21-12-13-24(31-3)25(18-21)32-4/h5-7,9-10,12-13,18,20,23H,8,11,14-17,19H2,1-4H3,(H2,27,28,29). The van der Waals surface area contributed by atoms with Crippen molar-refractivity contribution in [1.82, 2.24) is 15.5 Å². The summed E-state index contributed by atoms with van der Waals surface area (Å²) in [7, 11) is 5.18. The van der Waals surface area contributed by atoms with E-state index in [0.717, 1.165) is 62.8 Å². The molecule has 2 unspecified atom stereocenters. The third-order valence-electron chi connectivity index (χ3n) is 6.19. The summed E-state index contributed by atoms with van der Waals surface area (Å²) in [6.45, 7) is 5.33. The van der Waals surface area contributed by atoms with Crippen molar-refractivity contribution in [3.63, 3.8) is 0 Å². The summed E-state index contributed by atoms with van der Waals surface area (Å²) in [4.78, 5) is 7.01. The monoisotopic (exact) mass is 438 g/mol. The molecule has 6 heteroatoms. The Bertz CT molecular complexity index is 856. The van der Waals surface area contributed by atoms with E-state index in [-0.39, 0.29) is 0 Å². The number of likely N-dealkylation sites (tertiary alicyclic amines) is 1. The van der Waals surface area contributed by atoms with Gasteiger partial charge < -0.3 is 20.1 Å². The zero-order valence-electron chi connectivity index (χ0n) is 19.9. The Morgan fingerprint density at radius 3 is 2.53 bits per heavy atom. The van der Waals surface area contributed by atoms with Gasteiger partial charge in [-0.1, -0.05) is 36.4 Å². The van der Waals surface area contributed by atoms with Crippen LogP contribution in [0.5, 0.6) is 11.5 Å². The molecule has 0 spiro atoms. The molecule has 2 atom stereocenters. The van der Waals surface area contributed by atoms with Crippen molar-refractivity contribution >= 4 is 5.96 Å². The first-order chi connectivity index (χ1) is 15.6. The van der Waals surface area contributed by atoms with Crippen LogP contribution in [0, 0.1) is 0 Å². The largest absolute Gasteiger partial charge is 0.493 e. The maximum absolute atomic E-state index is 5.40. The predicted octanol–water partition coefficient (Wildman–Crippen LogP) is 3.85. The average Bonchev–Trinajstić information content (AvgIpc) is 2.83. The molecule has 1 aliphatic rings. The van der Waals surface area contributed by atoms with Crippen LogP contribution >= 0.6 is 0 Å². The maximum atomic E-state index is 5.40. The lowest BCUT2D eigenvalue weighted by atomic mass is 9.97. The quantitative estimate of drug-likeness (QED) is 0.354. The number of piperidine rings is 1. The van der Waals surface area contributed by atoms with Crippen LogP contribution in [0.2, 0.25) is 0 Å². The number of nitrogens with one attached hydrogen (secondary N) is 2. The molecule has 174 valence electrons. The molecule has 0 aliphatic carbocycles. The van der Waals surface area contributed by atoms with Gasteiger partial charge in [-0.25, -0.2) is 0 Å². The lowest BCUT2D eigenvalue weighted by Gasteiger charge is -2.38. The molecule has 0 saturated carbocycles. The average molecular weight is 439 g/mol. The number of hydrogen-bond donors (Lipinski definition) is 2. The highest BCUT2D eigenvalue weighted by Gasteiger charge is 2.25. The van der Waals surface area contributed by atoms with Gasteiger partial charge in [-0.2, -0.15) is 0 Å². The number of aliphatic imine (C=N–C) groups is 1. The Kier molecular flexibility index (Phi) is 9.23. The van der Waals surface area contributed by atoms with Gasteiger partial charge in [-0.3, -0.25) is 9.89 Å². The van der Waals surface area contributed by atoms with Crippen LogP contribution in [-0.4, -0.2) is 57.3 Å². The van der Waals surface area contributed by atoms with E-state index in [1.807, 2.05) is 13.1 Å². The van der Waals surface area contributed by atoms with Crippen molar-refractivity contribution in [2.75, 3.05) is 34.4 Å². The van der Waals surface area contributed by atoms with Crippen LogP contribution in [0.1, 0.15) is 37.3 Å². The second kappa shape index (κ2) is 12.3. The van der Waals surface area contributed by atoms with Gasteiger partial charge >= 0.3 is 0 Å². The highest BCUT2D eigenvalue weighted by Crippen LogP contribution is 2.28. The van der Waals surface area contributed by atoms with E-state index < -0.39 is 0 Å². The van der Waals surface area contributed by atoms with E-state index in [9.17, 15) is 0 Å². The Labute approximate surface area is 193 Å². The first kappa shape index (κ1) is 23.9. The van der Waals surface area contributed by atoms with Gasteiger partial charge in [0.25, 0.3) is 0 Å². The zero-order valence-corrected chi connectivity index (χ0v) is 19.9. The molecule has 6 nitrogen and oxygen atoms in total. The molecule has 1 heterocycles. The van der Waals surface area contributed by atoms with Crippen LogP contribution in [0.4, 0.5) is 0 Å². The molecular weight excluding hydrogens is 400 g/mol. The summed E-state index contributed by atoms with van der Waals surface area (Å²) >= 11 is 0. The number of benzene rings is 2. The Morgan fingerprint density at radius 2 is 1.84 bits per heavy atom. The van der Waals surface area contributed by atoms with Crippen LogP contribution in [-0.2, 0) is 13.0 Å². The maximum Gasteiger partial charge on any atom is 0.191 e. The van der Waals surface area contributed by atoms with Gasteiger partial charge in [0, 0.05) is 38.8 Å². The van der Waals surface area contributed by atoms with E-state index >= 15 is 0 Å². The second-order valence-corrected chi connectivity index (χ2v) is 8.46. The second-order valence-electron chi connectivity index (χ2n) is 8.46. The first-order valence-corrected chi connectivity index (χ1v) is 11.6. The van der Waals surface area contributed by atoms with E-state index in [4.69, 9.17) is 9.47 Å². The third-order valence-corrected chi connectivity index (χ3v) is 6.19. The number of rotatable bonds is 9. The zero-order chi connectivity index (χ0) is 22.8. The van der Waals surface area contributed by atoms with Gasteiger partial charge in [-0.05, 0) is 55.9 Å². The molecule has 1 aliphatic heterocycles. The number of ether oxygens (including phenoxy) is 2. The molecular formula is C26H38N4O2. The first-order valence-electron chi connectivity index (χ1n) is 11.6. The molecule has 2 aromatic rings. The number of hydrogen-bond acceptors (Lipinski definition) is 4. The van der Waals surface area contributed by atoms with Crippen molar-refractivity contribution in [3.05, 3.63) is 59.7 Å². The number of nitrogens with zero attached hydrogens (tertiary/aromatic N) is 2. The van der Waals surface area contributed by atoms with Crippen LogP contribution in [0.15, 0.2) is 53.5 Å². The molecule has 0 amide bonds. The van der Waals surface area contributed by atoms with Gasteiger partial charge in [0.1, 0.15) is 0 Å². The highest BCUT2D eigenvalue weighted by molar-refractivity contribution is 5.79. The van der Waals surface area contributed by atoms with Gasteiger partial charge in [-0.15, -0.1) is 0 Å². The van der Waals surface area contributed by atoms with Crippen LogP contribution in [0.3, 0.4) is 0 Å². The third kappa shape index (κ3) is 6.89. The lowest BCUT2D eigenvalue weighted by molar-refractivity contribution is 0.134. The fourth-order valence-corrected chi connectivity index (χ4v) is 4.33. The van der Waals surface area contributed by atoms with E-state index in [1.54, 1.807) is 14.2 Å². The fraction of sp³-hybridized carbons (Fsp3) is 0.500. The van der Waals surface area contributed by atoms with Crippen LogP contribution < -0.4 is 20.1 Å². The topological polar surface area (TPSA) is 58.1 Å². The van der Waals surface area contributed by atoms with Crippen molar-refractivity contribution in [2.45, 2.75) is 51.2 Å². The summed E-state index contributed by atoms with van der Waals surface area (Å²) in [6, 6.07) is 17.9. The Balaban J connectivity index is 1.39. The van der Waals surface area contributed by atoms with Crippen molar-refractivity contribution < 1.29 is 9.47 Å². The molecule has 0 aromatic heterocycles. The minimum atomic E-state index is 0.453. The number of guanidine groups is 1. The molecule has 1 fully saturated rings. The Hall–Kier alpha value is -2.73. The minimum absolute atomic E-state index is 0.453. The van der Waals surface area contributed by atoms with Gasteiger partial charge in [0.05, 0.1) is 14.2 Å². The van der Waals surface area contributed by atoms with Gasteiger partial charge in [0.15, 0.2) is 17.5 Å². The molecule has 1 saturated heterocycles. The van der Waals surface area contributed by atoms with Crippen molar-refractivity contribution in [1.29, 1.82) is 0 Å². The molecule has 32 heavy (non-hydrogen) atoms. The molecule has 2 N–H and O–H groups in total. The van der Waals surface area contributed by atoms with Crippen molar-refractivity contribution in [2.24, 2.45) is 4.99 Å². The number of methoxy groups -OCH3 is 2. The fourth-order valence-electron chi connectivity index (χ4n) is 4.33. The highest BCUT2D eigenvalue weighted by atomic mass is 16.5. The summed E-state index contributed by atoms with van der Waals surface area (Å²) < 4.78 is 10.7. The minimum Gasteiger partial charge on any atom is -0.493 e. The molecule has 3 rings (SSSR count). The van der Waals surface area contributed by atoms with Crippen molar-refractivity contribution in [3.8, 4) is 11.5 Å². The summed E-state index contributed by atoms with van der Waals surface area (Å²) in [5.41, 5.74) is 2.63. The van der Waals surface area contributed by atoms with E-state index in [0.29, 0.717) is 12.1 Å². The predicted molar refractivity (Wildman–Crippen MR) is 132 cm³/mol. The van der Waals surface area contributed by atoms with E-state index in [1.165, 1.54) is 11.1 Å². The SMILES string of the molecule is CN=C(NCCCc1ccc(OC)c(OC)c1)NC1CCN(Cc2ccccc2)C(C)C1. The molecule has 0 bridgehead atoms. The Morgan fingerprint density at radius 1 is 1.06 bits per heavy atom. The molecule has 2 aromatic carbocycles. The lowest BCUT2D eigenvalue weighted by Crippen LogP contribution is -2.51. The normalized spacial score (nSPS) is 19.4. The van der Waals surface area contributed by atoms with Crippen LogP contribution in [0.25, 0.3) is 0 Å². The summed E-state index contributed by atoms with van der Waals surface area (Å²) in [5, 5.41) is 7.10. The van der Waals surface area contributed by atoms with E-state index in [2.05, 4.69) is 69.9 Å². The summed E-state index contributed by atoms with van der Waals surface area (Å²) in [5.74, 6) is 2.44. The molecule has 0 radical (unpaired) electrons. The number of aryl methyl sites for hydroxylation is 1. The summed E-state index contributed by atoms with van der Waals surface area (Å²) in [6.07, 6.45) is 4.24.